The van der Waals surface area contributed by atoms with E-state index in [0.29, 0.717) is 5.57 Å². The van der Waals surface area contributed by atoms with Crippen molar-refractivity contribution in [1.29, 1.82) is 0 Å². The number of rotatable bonds is 5. The van der Waals surface area contributed by atoms with Gasteiger partial charge in [0.05, 0.1) is 17.9 Å². The lowest BCUT2D eigenvalue weighted by molar-refractivity contribution is -0.255. The summed E-state index contributed by atoms with van der Waals surface area (Å²) in [5.74, 6) is -5.96. The fourth-order valence-corrected chi connectivity index (χ4v) is 6.97. The highest BCUT2D eigenvalue weighted by atomic mass is 35.5. The quantitative estimate of drug-likeness (QED) is 0.210. The number of carbonyl (C=O) groups is 5. The van der Waals surface area contributed by atoms with E-state index in [0.717, 1.165) is 6.92 Å². The molecule has 2 aliphatic carbocycles. The maximum absolute atomic E-state index is 12.9. The molecule has 0 radical (unpaired) electrons. The third-order valence-corrected chi connectivity index (χ3v) is 8.88. The van der Waals surface area contributed by atoms with Crippen LogP contribution in [0.3, 0.4) is 0 Å². The lowest BCUT2D eigenvalue weighted by Gasteiger charge is -2.57. The number of alkyl halides is 1. The normalized spacial score (nSPS) is 41.2. The molecule has 4 aliphatic rings. The molecule has 10 unspecified atom stereocenters. The van der Waals surface area contributed by atoms with Gasteiger partial charge in [0.1, 0.15) is 30.0 Å². The van der Waals surface area contributed by atoms with E-state index in [2.05, 4.69) is 0 Å². The summed E-state index contributed by atoms with van der Waals surface area (Å²) in [6.07, 6.45) is -1.85. The summed E-state index contributed by atoms with van der Waals surface area (Å²) in [6, 6.07) is 0. The van der Waals surface area contributed by atoms with Gasteiger partial charge in [-0.1, -0.05) is 13.0 Å². The Balaban J connectivity index is 2.09. The smallest absolute Gasteiger partial charge is 0.312 e. The maximum atomic E-state index is 12.9. The van der Waals surface area contributed by atoms with Crippen molar-refractivity contribution in [1.82, 2.24) is 0 Å². The third-order valence-electron chi connectivity index (χ3n) is 8.57. The number of allylic oxidation sites excluding steroid dienone is 2. The van der Waals surface area contributed by atoms with Gasteiger partial charge < -0.3 is 33.5 Å². The summed E-state index contributed by atoms with van der Waals surface area (Å²) in [6.45, 7) is 7.86. The van der Waals surface area contributed by atoms with E-state index < -0.39 is 88.8 Å². The van der Waals surface area contributed by atoms with E-state index in [1.165, 1.54) is 39.8 Å². The molecular formula is C28H35ClO12. The first-order valence-electron chi connectivity index (χ1n) is 13.3. The molecule has 0 aromatic carbocycles. The highest BCUT2D eigenvalue weighted by Gasteiger charge is 2.76. The van der Waals surface area contributed by atoms with Crippen LogP contribution in [0.25, 0.3) is 0 Å². The summed E-state index contributed by atoms with van der Waals surface area (Å²) < 4.78 is 34.8. The van der Waals surface area contributed by atoms with Crippen molar-refractivity contribution in [3.8, 4) is 0 Å². The van der Waals surface area contributed by atoms with Gasteiger partial charge in [-0.15, -0.1) is 11.6 Å². The molecule has 1 spiro atoms. The Morgan fingerprint density at radius 3 is 2.07 bits per heavy atom. The van der Waals surface area contributed by atoms with E-state index in [-0.39, 0.29) is 18.9 Å². The topological polar surface area (TPSA) is 164 Å². The molecule has 2 saturated heterocycles. The number of carbonyl (C=O) groups excluding carboxylic acids is 5. The van der Waals surface area contributed by atoms with E-state index in [1.54, 1.807) is 13.0 Å². The molecule has 13 heteroatoms. The molecule has 226 valence electrons. The van der Waals surface area contributed by atoms with Gasteiger partial charge in [-0.2, -0.15) is 0 Å². The van der Waals surface area contributed by atoms with Gasteiger partial charge in [-0.25, -0.2) is 0 Å². The van der Waals surface area contributed by atoms with E-state index in [4.69, 9.17) is 40.0 Å². The highest BCUT2D eigenvalue weighted by Crippen LogP contribution is 2.62. The van der Waals surface area contributed by atoms with Crippen LogP contribution < -0.4 is 0 Å². The fourth-order valence-electron chi connectivity index (χ4n) is 6.79. The van der Waals surface area contributed by atoms with Crippen LogP contribution in [0.4, 0.5) is 0 Å². The van der Waals surface area contributed by atoms with Crippen LogP contribution in [0, 0.1) is 17.3 Å². The number of epoxide rings is 1. The molecule has 1 N–H and O–H groups in total. The second kappa shape index (κ2) is 11.0. The molecular weight excluding hydrogens is 564 g/mol. The minimum atomic E-state index is -2.16. The van der Waals surface area contributed by atoms with Crippen LogP contribution in [0.5, 0.6) is 0 Å². The van der Waals surface area contributed by atoms with Crippen molar-refractivity contribution >= 4 is 41.4 Å². The van der Waals surface area contributed by atoms with Crippen molar-refractivity contribution in [3.05, 3.63) is 23.8 Å². The van der Waals surface area contributed by atoms with Gasteiger partial charge in [-0.3, -0.25) is 24.0 Å². The zero-order chi connectivity index (χ0) is 30.5. The van der Waals surface area contributed by atoms with Crippen LogP contribution in [0.2, 0.25) is 0 Å². The predicted octanol–water partition coefficient (Wildman–Crippen LogP) is 1.54. The fraction of sp³-hybridized carbons (Fsp3) is 0.679. The molecule has 10 atom stereocenters. The molecule has 1 saturated carbocycles. The Hall–Kier alpha value is -2.96. The zero-order valence-corrected chi connectivity index (χ0v) is 24.5. The number of ether oxygens (including phenoxy) is 6. The van der Waals surface area contributed by atoms with Crippen molar-refractivity contribution in [2.75, 3.05) is 12.5 Å². The van der Waals surface area contributed by atoms with Crippen molar-refractivity contribution in [2.45, 2.75) is 89.7 Å². The molecule has 2 aliphatic heterocycles. The monoisotopic (exact) mass is 598 g/mol. The maximum Gasteiger partial charge on any atom is 0.312 e. The van der Waals surface area contributed by atoms with Gasteiger partial charge in [0.25, 0.3) is 0 Å². The Morgan fingerprint density at radius 1 is 1.00 bits per heavy atom. The van der Waals surface area contributed by atoms with E-state index in [9.17, 15) is 29.1 Å². The molecule has 3 fully saturated rings. The number of hydrogen-bond donors (Lipinski definition) is 1. The first-order valence-corrected chi connectivity index (χ1v) is 13.8. The lowest BCUT2D eigenvalue weighted by atomic mass is 9.52. The largest absolute Gasteiger partial charge is 0.459 e. The summed E-state index contributed by atoms with van der Waals surface area (Å²) in [4.78, 5) is 62.8. The first kappa shape index (κ1) is 31.0. The minimum Gasteiger partial charge on any atom is -0.459 e. The van der Waals surface area contributed by atoms with Gasteiger partial charge in [0, 0.05) is 45.9 Å². The van der Waals surface area contributed by atoms with E-state index in [1.807, 2.05) is 0 Å². The summed E-state index contributed by atoms with van der Waals surface area (Å²) >= 11 is 6.21. The predicted molar refractivity (Wildman–Crippen MR) is 139 cm³/mol. The number of fused-ring (bicyclic) bond motifs is 3. The highest BCUT2D eigenvalue weighted by molar-refractivity contribution is 6.19. The van der Waals surface area contributed by atoms with E-state index >= 15 is 0 Å². The molecule has 41 heavy (non-hydrogen) atoms. The van der Waals surface area contributed by atoms with Crippen molar-refractivity contribution in [3.63, 3.8) is 0 Å². The van der Waals surface area contributed by atoms with Crippen molar-refractivity contribution in [2.24, 2.45) is 17.3 Å². The van der Waals surface area contributed by atoms with Gasteiger partial charge >= 0.3 is 29.8 Å². The lowest BCUT2D eigenvalue weighted by Crippen LogP contribution is -2.71. The second-order valence-corrected chi connectivity index (χ2v) is 11.6. The molecule has 0 bridgehead atoms. The molecule has 12 nitrogen and oxygen atoms in total. The van der Waals surface area contributed by atoms with Gasteiger partial charge in [-0.05, 0) is 24.6 Å². The number of esters is 5. The Kier molecular flexibility index (Phi) is 8.34. The molecule has 0 aromatic rings. The van der Waals surface area contributed by atoms with Crippen LogP contribution in [0.15, 0.2) is 23.8 Å². The summed E-state index contributed by atoms with van der Waals surface area (Å²) in [5, 5.41) is 12.5. The van der Waals surface area contributed by atoms with Crippen LogP contribution in [0.1, 0.15) is 48.0 Å². The van der Waals surface area contributed by atoms with Crippen molar-refractivity contribution < 1.29 is 57.5 Å². The number of halogens is 1. The molecule has 2 heterocycles. The molecule has 4 rings (SSSR count). The molecule has 0 amide bonds. The SMILES string of the molecule is CC(=O)OC1CC2(CO2)C2C(OC(C)=O)C3(O)C(C=C(CCl)C=CC(OC(C)=O)C2(C)C1OC(C)=O)OC(=O)C3C. The third kappa shape index (κ3) is 5.37. The summed E-state index contributed by atoms with van der Waals surface area (Å²) in [5.41, 5.74) is -4.55. The minimum absolute atomic E-state index is 0.00818. The summed E-state index contributed by atoms with van der Waals surface area (Å²) in [7, 11) is 0. The Labute approximate surface area is 242 Å². The number of hydrogen-bond acceptors (Lipinski definition) is 12. The second-order valence-electron chi connectivity index (χ2n) is 11.3. The zero-order valence-electron chi connectivity index (χ0n) is 23.7. The van der Waals surface area contributed by atoms with Crippen LogP contribution in [-0.4, -0.2) is 89.2 Å². The Bertz CT molecular complexity index is 1190. The average Bonchev–Trinajstić information content (AvgIpc) is 3.58. The Morgan fingerprint density at radius 2 is 1.56 bits per heavy atom. The van der Waals surface area contributed by atoms with Gasteiger partial charge in [0.15, 0.2) is 11.7 Å². The van der Waals surface area contributed by atoms with Crippen LogP contribution >= 0.6 is 11.6 Å². The number of aliphatic hydroxyl groups is 1. The average molecular weight is 599 g/mol. The van der Waals surface area contributed by atoms with Gasteiger partial charge in [0.2, 0.25) is 0 Å². The van der Waals surface area contributed by atoms with Crippen LogP contribution in [-0.2, 0) is 52.4 Å². The first-order chi connectivity index (χ1) is 19.1. The molecule has 0 aromatic heterocycles. The standard InChI is InChI=1S/C28H35ClO12/c1-13-25(34)41-21-9-18(11-29)7-8-20(38-15(3)31)26(6)22(24(28(13,21)35)40-17(5)33)27(12-36-27)10-19(37-14(2)30)23(26)39-16(4)32/h7-9,13,19-24,35H,10-12H2,1-6H3.